The predicted octanol–water partition coefficient (Wildman–Crippen LogP) is 3.11. The van der Waals surface area contributed by atoms with E-state index < -0.39 is 0 Å². The number of hydrogen-bond donors (Lipinski definition) is 0. The van der Waals surface area contributed by atoms with Gasteiger partial charge in [0.15, 0.2) is 12.6 Å². The first-order chi connectivity index (χ1) is 9.84. The van der Waals surface area contributed by atoms with Crippen LogP contribution < -0.4 is 0 Å². The van der Waals surface area contributed by atoms with Gasteiger partial charge in [-0.3, -0.25) is 0 Å². The van der Waals surface area contributed by atoms with Gasteiger partial charge in [0.2, 0.25) is 0 Å². The molecule has 1 heterocycles. The molecule has 0 aromatic heterocycles. The Hall–Kier alpha value is -0.940. The highest BCUT2D eigenvalue weighted by Crippen LogP contribution is 2.14. The molecule has 2 atom stereocenters. The minimum absolute atomic E-state index is 0.0563. The molecule has 1 fully saturated rings. The van der Waals surface area contributed by atoms with Crippen molar-refractivity contribution in [3.8, 4) is 0 Å². The maximum atomic E-state index is 5.61. The van der Waals surface area contributed by atoms with Crippen LogP contribution in [0.2, 0.25) is 0 Å². The summed E-state index contributed by atoms with van der Waals surface area (Å²) in [5.74, 6) is 0. The van der Waals surface area contributed by atoms with Crippen molar-refractivity contribution in [2.75, 3.05) is 19.8 Å². The maximum absolute atomic E-state index is 5.61. The van der Waals surface area contributed by atoms with E-state index in [9.17, 15) is 0 Å². The first-order valence-electron chi connectivity index (χ1n) is 7.35. The van der Waals surface area contributed by atoms with Crippen molar-refractivity contribution in [1.82, 2.24) is 0 Å². The first kappa shape index (κ1) is 15.4. The molecule has 1 saturated heterocycles. The molecular formula is C16H24O4. The van der Waals surface area contributed by atoms with E-state index in [-0.39, 0.29) is 12.6 Å². The minimum Gasteiger partial charge on any atom is -0.377 e. The Morgan fingerprint density at radius 3 is 2.65 bits per heavy atom. The molecule has 1 aliphatic heterocycles. The molecule has 4 heteroatoms. The van der Waals surface area contributed by atoms with Crippen molar-refractivity contribution >= 4 is 0 Å². The summed E-state index contributed by atoms with van der Waals surface area (Å²) in [6, 6.07) is 10.2. The molecule has 0 bridgehead atoms. The van der Waals surface area contributed by atoms with Gasteiger partial charge in [-0.15, -0.1) is 0 Å². The Balaban J connectivity index is 1.39. The number of unbranched alkanes of at least 4 members (excludes halogenated alkanes) is 1. The first-order valence-corrected chi connectivity index (χ1v) is 7.35. The maximum Gasteiger partial charge on any atom is 0.162 e. The molecule has 0 radical (unpaired) electrons. The van der Waals surface area contributed by atoms with Gasteiger partial charge < -0.3 is 18.9 Å². The van der Waals surface area contributed by atoms with Crippen LogP contribution in [-0.2, 0) is 25.6 Å². The van der Waals surface area contributed by atoms with Gasteiger partial charge in [-0.05, 0) is 25.3 Å². The molecule has 112 valence electrons. The quantitative estimate of drug-likeness (QED) is 0.487. The molecule has 0 saturated carbocycles. The van der Waals surface area contributed by atoms with Gasteiger partial charge in [-0.1, -0.05) is 30.3 Å². The third-order valence-corrected chi connectivity index (χ3v) is 3.15. The minimum atomic E-state index is -0.189. The summed E-state index contributed by atoms with van der Waals surface area (Å²) in [5.41, 5.74) is 1.21. The van der Waals surface area contributed by atoms with Gasteiger partial charge in [0.05, 0.1) is 13.2 Å². The van der Waals surface area contributed by atoms with Crippen LogP contribution in [0.1, 0.15) is 31.7 Å². The fourth-order valence-corrected chi connectivity index (χ4v) is 1.89. The highest BCUT2D eigenvalue weighted by atomic mass is 16.8. The monoisotopic (exact) mass is 280 g/mol. The molecule has 20 heavy (non-hydrogen) atoms. The molecule has 0 spiro atoms. The van der Waals surface area contributed by atoms with E-state index in [1.807, 2.05) is 25.1 Å². The fraction of sp³-hybridized carbons (Fsp3) is 0.625. The molecule has 2 unspecified atom stereocenters. The summed E-state index contributed by atoms with van der Waals surface area (Å²) in [6.45, 7) is 4.85. The highest BCUT2D eigenvalue weighted by Gasteiger charge is 2.21. The van der Waals surface area contributed by atoms with Crippen LogP contribution in [0.15, 0.2) is 30.3 Å². The number of hydrogen-bond acceptors (Lipinski definition) is 4. The van der Waals surface area contributed by atoms with Crippen LogP contribution in [0.4, 0.5) is 0 Å². The van der Waals surface area contributed by atoms with Gasteiger partial charge >= 0.3 is 0 Å². The lowest BCUT2D eigenvalue weighted by molar-refractivity contribution is -0.282. The van der Waals surface area contributed by atoms with Crippen LogP contribution in [-0.4, -0.2) is 32.4 Å². The van der Waals surface area contributed by atoms with Gasteiger partial charge in [0, 0.05) is 19.6 Å². The highest BCUT2D eigenvalue weighted by molar-refractivity contribution is 5.13. The lowest BCUT2D eigenvalue weighted by Gasteiger charge is -2.29. The van der Waals surface area contributed by atoms with Gasteiger partial charge in [0.1, 0.15) is 0 Å². The van der Waals surface area contributed by atoms with Crippen LogP contribution in [0, 0.1) is 0 Å². The summed E-state index contributed by atoms with van der Waals surface area (Å²) >= 11 is 0. The lowest BCUT2D eigenvalue weighted by atomic mass is 10.2. The van der Waals surface area contributed by atoms with E-state index in [2.05, 4.69) is 12.1 Å². The van der Waals surface area contributed by atoms with E-state index in [0.717, 1.165) is 32.5 Å². The van der Waals surface area contributed by atoms with Crippen LogP contribution in [0.3, 0.4) is 0 Å². The predicted molar refractivity (Wildman–Crippen MR) is 76.2 cm³/mol. The van der Waals surface area contributed by atoms with E-state index in [1.54, 1.807) is 0 Å². The molecule has 0 N–H and O–H groups in total. The molecular weight excluding hydrogens is 256 g/mol. The van der Waals surface area contributed by atoms with Crippen molar-refractivity contribution in [3.63, 3.8) is 0 Å². The second kappa shape index (κ2) is 9.08. The Morgan fingerprint density at radius 1 is 1.20 bits per heavy atom. The Morgan fingerprint density at radius 2 is 1.95 bits per heavy atom. The van der Waals surface area contributed by atoms with Crippen LogP contribution >= 0.6 is 0 Å². The third-order valence-electron chi connectivity index (χ3n) is 3.15. The van der Waals surface area contributed by atoms with E-state index in [4.69, 9.17) is 18.9 Å². The van der Waals surface area contributed by atoms with Crippen molar-refractivity contribution in [1.29, 1.82) is 0 Å². The summed E-state index contributed by atoms with van der Waals surface area (Å²) < 4.78 is 21.8. The smallest absolute Gasteiger partial charge is 0.162 e. The van der Waals surface area contributed by atoms with Crippen LogP contribution in [0.25, 0.3) is 0 Å². The van der Waals surface area contributed by atoms with E-state index in [0.29, 0.717) is 13.2 Å². The molecule has 2 rings (SSSR count). The Kier molecular flexibility index (Phi) is 7.01. The molecule has 1 aromatic rings. The summed E-state index contributed by atoms with van der Waals surface area (Å²) in [7, 11) is 0. The van der Waals surface area contributed by atoms with E-state index >= 15 is 0 Å². The summed E-state index contributed by atoms with van der Waals surface area (Å²) in [4.78, 5) is 0. The number of rotatable bonds is 10. The summed E-state index contributed by atoms with van der Waals surface area (Å²) in [5, 5.41) is 0. The Bertz CT molecular complexity index is 351. The zero-order chi connectivity index (χ0) is 14.0. The van der Waals surface area contributed by atoms with E-state index in [1.165, 1.54) is 5.56 Å². The molecule has 4 nitrogen and oxygen atoms in total. The SMILES string of the molecule is CC(OCCCCOCc1ccccc1)OC1CCO1. The Labute approximate surface area is 121 Å². The molecule has 0 amide bonds. The van der Waals surface area contributed by atoms with Gasteiger partial charge in [-0.25, -0.2) is 0 Å². The topological polar surface area (TPSA) is 36.9 Å². The zero-order valence-corrected chi connectivity index (χ0v) is 12.1. The third kappa shape index (κ3) is 6.01. The standard InChI is InChI=1S/C16H24O4/c1-14(20-16-9-12-19-16)18-11-6-5-10-17-13-15-7-3-2-4-8-15/h2-4,7-8,14,16H,5-6,9-13H2,1H3. The zero-order valence-electron chi connectivity index (χ0n) is 12.1. The molecule has 1 aliphatic rings. The second-order valence-corrected chi connectivity index (χ2v) is 4.91. The van der Waals surface area contributed by atoms with Crippen molar-refractivity contribution in [2.24, 2.45) is 0 Å². The number of ether oxygens (including phenoxy) is 4. The fourth-order valence-electron chi connectivity index (χ4n) is 1.89. The molecule has 1 aromatic carbocycles. The van der Waals surface area contributed by atoms with Crippen molar-refractivity contribution in [3.05, 3.63) is 35.9 Å². The van der Waals surface area contributed by atoms with Gasteiger partial charge in [-0.2, -0.15) is 0 Å². The van der Waals surface area contributed by atoms with Gasteiger partial charge in [0.25, 0.3) is 0 Å². The van der Waals surface area contributed by atoms with Crippen molar-refractivity contribution < 1.29 is 18.9 Å². The molecule has 0 aliphatic carbocycles. The number of benzene rings is 1. The lowest BCUT2D eigenvalue weighted by Crippen LogP contribution is -2.33. The average molecular weight is 280 g/mol. The normalized spacial score (nSPS) is 19.6. The van der Waals surface area contributed by atoms with Crippen LogP contribution in [0.5, 0.6) is 0 Å². The second-order valence-electron chi connectivity index (χ2n) is 4.91. The largest absolute Gasteiger partial charge is 0.377 e. The summed E-state index contributed by atoms with van der Waals surface area (Å²) in [6.07, 6.45) is 2.71. The van der Waals surface area contributed by atoms with Crippen molar-refractivity contribution in [2.45, 2.75) is 45.4 Å². The average Bonchev–Trinajstić information content (AvgIpc) is 2.43.